The molecule has 0 radical (unpaired) electrons. The molecule has 2 aliphatic rings. The molecule has 2 heterocycles. The van der Waals surface area contributed by atoms with Gasteiger partial charge in [0.15, 0.2) is 5.71 Å². The molecule has 0 bridgehead atoms. The molecule has 2 amide bonds. The number of carbonyl (C=O) groups excluding carboxylic acids is 2. The van der Waals surface area contributed by atoms with Crippen molar-refractivity contribution in [2.75, 3.05) is 13.1 Å². The summed E-state index contributed by atoms with van der Waals surface area (Å²) in [4.78, 5) is 26.7. The molecule has 0 aliphatic carbocycles. The first-order valence-electron chi connectivity index (χ1n) is 8.63. The van der Waals surface area contributed by atoms with Crippen LogP contribution < -0.4 is 5.84 Å². The standard InChI is InChI=1S/C18H22N6O2/c19-12-15(22-20)18(26)23-10-7-14(8-11-23)17(25)24-16(6-9-21-24)13-4-2-1-3-5-13/h1-5,9,12,14,16,19H,6-8,10-11,20H2. The largest absolute Gasteiger partial charge is 0.337 e. The zero-order valence-electron chi connectivity index (χ0n) is 14.4. The number of nitrogens with one attached hydrogen (secondary N) is 1. The minimum Gasteiger partial charge on any atom is -0.337 e. The van der Waals surface area contributed by atoms with Crippen molar-refractivity contribution in [2.45, 2.75) is 25.3 Å². The summed E-state index contributed by atoms with van der Waals surface area (Å²) in [7, 11) is 0. The Labute approximate surface area is 151 Å². The van der Waals surface area contributed by atoms with Gasteiger partial charge in [-0.3, -0.25) is 9.59 Å². The third-order valence-electron chi connectivity index (χ3n) is 4.87. The number of piperidine rings is 1. The van der Waals surface area contributed by atoms with E-state index in [0.29, 0.717) is 32.4 Å². The minimum atomic E-state index is -0.366. The topological polar surface area (TPSA) is 115 Å². The Morgan fingerprint density at radius 1 is 1.23 bits per heavy atom. The smallest absolute Gasteiger partial charge is 0.275 e. The highest BCUT2D eigenvalue weighted by molar-refractivity contribution is 6.60. The van der Waals surface area contributed by atoms with Crippen LogP contribution in [0.2, 0.25) is 0 Å². The van der Waals surface area contributed by atoms with Crippen molar-refractivity contribution in [2.24, 2.45) is 22.0 Å². The lowest BCUT2D eigenvalue weighted by atomic mass is 9.94. The molecule has 8 heteroatoms. The number of benzene rings is 1. The van der Waals surface area contributed by atoms with Crippen LogP contribution in [0.4, 0.5) is 0 Å². The SMILES string of the molecule is N=CC(=NN)C(=O)N1CCC(C(=O)N2N=CCC2c2ccccc2)CC1. The summed E-state index contributed by atoms with van der Waals surface area (Å²) in [6.45, 7) is 0.880. The number of hydrogen-bond acceptors (Lipinski definition) is 6. The first-order chi connectivity index (χ1) is 12.7. The van der Waals surface area contributed by atoms with Gasteiger partial charge >= 0.3 is 0 Å². The molecule has 1 unspecified atom stereocenters. The van der Waals surface area contributed by atoms with Crippen LogP contribution in [0, 0.1) is 11.3 Å². The highest BCUT2D eigenvalue weighted by atomic mass is 16.2. The molecule has 1 aromatic carbocycles. The zero-order valence-corrected chi connectivity index (χ0v) is 14.4. The fourth-order valence-electron chi connectivity index (χ4n) is 3.41. The Morgan fingerprint density at radius 3 is 2.54 bits per heavy atom. The maximum atomic E-state index is 12.9. The zero-order chi connectivity index (χ0) is 18.5. The molecule has 26 heavy (non-hydrogen) atoms. The van der Waals surface area contributed by atoms with Crippen LogP contribution >= 0.6 is 0 Å². The van der Waals surface area contributed by atoms with Gasteiger partial charge in [0.1, 0.15) is 0 Å². The number of hydrogen-bond donors (Lipinski definition) is 2. The van der Waals surface area contributed by atoms with E-state index < -0.39 is 0 Å². The highest BCUT2D eigenvalue weighted by Crippen LogP contribution is 2.31. The second-order valence-corrected chi connectivity index (χ2v) is 6.37. The average Bonchev–Trinajstić information content (AvgIpc) is 3.19. The van der Waals surface area contributed by atoms with E-state index in [0.717, 1.165) is 11.8 Å². The lowest BCUT2D eigenvalue weighted by molar-refractivity contribution is -0.140. The summed E-state index contributed by atoms with van der Waals surface area (Å²) in [5, 5.41) is 16.4. The molecule has 1 aromatic rings. The summed E-state index contributed by atoms with van der Waals surface area (Å²) in [5.74, 6) is 4.60. The van der Waals surface area contributed by atoms with Crippen LogP contribution in [0.3, 0.4) is 0 Å². The van der Waals surface area contributed by atoms with Gasteiger partial charge in [-0.05, 0) is 18.4 Å². The number of nitrogens with zero attached hydrogens (tertiary/aromatic N) is 4. The fraction of sp³-hybridized carbons (Fsp3) is 0.389. The van der Waals surface area contributed by atoms with Crippen molar-refractivity contribution in [1.82, 2.24) is 9.91 Å². The lowest BCUT2D eigenvalue weighted by Gasteiger charge is -2.33. The Hall–Kier alpha value is -3.03. The van der Waals surface area contributed by atoms with E-state index in [2.05, 4.69) is 10.2 Å². The van der Waals surface area contributed by atoms with Gasteiger partial charge in [0, 0.05) is 31.6 Å². The van der Waals surface area contributed by atoms with Crippen LogP contribution in [0.1, 0.15) is 30.9 Å². The highest BCUT2D eigenvalue weighted by Gasteiger charge is 2.35. The monoisotopic (exact) mass is 354 g/mol. The van der Waals surface area contributed by atoms with Gasteiger partial charge in [0.2, 0.25) is 5.91 Å². The molecule has 8 nitrogen and oxygen atoms in total. The normalized spacial score (nSPS) is 21.1. The summed E-state index contributed by atoms with van der Waals surface area (Å²) in [6.07, 6.45) is 4.47. The third kappa shape index (κ3) is 3.49. The fourth-order valence-corrected chi connectivity index (χ4v) is 3.41. The van der Waals surface area contributed by atoms with E-state index in [4.69, 9.17) is 11.3 Å². The van der Waals surface area contributed by atoms with Crippen molar-refractivity contribution in [3.05, 3.63) is 35.9 Å². The molecule has 0 spiro atoms. The molecule has 1 saturated heterocycles. The summed E-state index contributed by atoms with van der Waals surface area (Å²) < 4.78 is 0. The van der Waals surface area contributed by atoms with Crippen LogP contribution in [0.15, 0.2) is 40.5 Å². The van der Waals surface area contributed by atoms with Crippen molar-refractivity contribution in [3.63, 3.8) is 0 Å². The minimum absolute atomic E-state index is 0.000489. The average molecular weight is 354 g/mol. The van der Waals surface area contributed by atoms with Crippen molar-refractivity contribution in [3.8, 4) is 0 Å². The maximum absolute atomic E-state index is 12.9. The molecule has 1 fully saturated rings. The number of amides is 2. The molecule has 136 valence electrons. The van der Waals surface area contributed by atoms with Gasteiger partial charge in [0.05, 0.1) is 12.3 Å². The number of nitrogens with two attached hydrogens (primary N) is 1. The third-order valence-corrected chi connectivity index (χ3v) is 4.87. The number of hydrazone groups is 2. The van der Waals surface area contributed by atoms with Gasteiger partial charge < -0.3 is 16.2 Å². The second-order valence-electron chi connectivity index (χ2n) is 6.37. The van der Waals surface area contributed by atoms with Crippen molar-refractivity contribution >= 4 is 30.0 Å². The maximum Gasteiger partial charge on any atom is 0.275 e. The molecular weight excluding hydrogens is 332 g/mol. The number of likely N-dealkylation sites (tertiary alicyclic amines) is 1. The van der Waals surface area contributed by atoms with Crippen molar-refractivity contribution < 1.29 is 9.59 Å². The Bertz CT molecular complexity index is 737. The van der Waals surface area contributed by atoms with E-state index in [1.54, 1.807) is 16.1 Å². The predicted octanol–water partition coefficient (Wildman–Crippen LogP) is 1.15. The Morgan fingerprint density at radius 2 is 1.92 bits per heavy atom. The number of carbonyl (C=O) groups is 2. The Balaban J connectivity index is 1.62. The van der Waals surface area contributed by atoms with E-state index in [1.165, 1.54) is 0 Å². The molecule has 3 rings (SSSR count). The quantitative estimate of drug-likeness (QED) is 0.480. The van der Waals surface area contributed by atoms with Gasteiger partial charge in [-0.2, -0.15) is 10.2 Å². The predicted molar refractivity (Wildman–Crippen MR) is 98.8 cm³/mol. The van der Waals surface area contributed by atoms with E-state index in [-0.39, 0.29) is 29.5 Å². The first-order valence-corrected chi connectivity index (χ1v) is 8.63. The van der Waals surface area contributed by atoms with Gasteiger partial charge in [-0.25, -0.2) is 5.01 Å². The second kappa shape index (κ2) is 7.90. The summed E-state index contributed by atoms with van der Waals surface area (Å²) in [5.41, 5.74) is 0.990. The molecular formula is C18H22N6O2. The van der Waals surface area contributed by atoms with Crippen LogP contribution in [0.5, 0.6) is 0 Å². The van der Waals surface area contributed by atoms with Crippen LogP contribution in [-0.2, 0) is 9.59 Å². The summed E-state index contributed by atoms with van der Waals surface area (Å²) in [6, 6.07) is 9.82. The summed E-state index contributed by atoms with van der Waals surface area (Å²) >= 11 is 0. The number of rotatable bonds is 4. The molecule has 0 saturated carbocycles. The molecule has 1 atom stereocenters. The molecule has 0 aromatic heterocycles. The van der Waals surface area contributed by atoms with Crippen LogP contribution in [-0.4, -0.2) is 53.0 Å². The lowest BCUT2D eigenvalue weighted by Crippen LogP contribution is -2.46. The van der Waals surface area contributed by atoms with E-state index >= 15 is 0 Å². The van der Waals surface area contributed by atoms with Gasteiger partial charge in [-0.1, -0.05) is 30.3 Å². The molecule has 2 aliphatic heterocycles. The van der Waals surface area contributed by atoms with E-state index in [1.807, 2.05) is 30.3 Å². The van der Waals surface area contributed by atoms with E-state index in [9.17, 15) is 9.59 Å². The van der Waals surface area contributed by atoms with Crippen LogP contribution in [0.25, 0.3) is 0 Å². The molecule has 3 N–H and O–H groups in total. The first kappa shape index (κ1) is 17.8. The van der Waals surface area contributed by atoms with Gasteiger partial charge in [-0.15, -0.1) is 0 Å². The Kier molecular flexibility index (Phi) is 5.40. The van der Waals surface area contributed by atoms with Crippen molar-refractivity contribution in [1.29, 1.82) is 5.41 Å². The van der Waals surface area contributed by atoms with Gasteiger partial charge in [0.25, 0.3) is 5.91 Å².